The molecule has 1 aliphatic heterocycles. The van der Waals surface area contributed by atoms with E-state index in [-0.39, 0.29) is 5.03 Å². The largest absolute Gasteiger partial charge is 0.326 e. The average Bonchev–Trinajstić information content (AvgIpc) is 2.47. The van der Waals surface area contributed by atoms with Gasteiger partial charge in [0.05, 0.1) is 0 Å². The Morgan fingerprint density at radius 2 is 2.32 bits per heavy atom. The maximum atomic E-state index is 12.5. The van der Waals surface area contributed by atoms with E-state index >= 15 is 0 Å². The molecule has 5 nitrogen and oxygen atoms in total. The van der Waals surface area contributed by atoms with Crippen molar-refractivity contribution in [1.82, 2.24) is 9.29 Å². The smallest absolute Gasteiger partial charge is 0.260 e. The zero-order chi connectivity index (χ0) is 13.9. The minimum absolute atomic E-state index is 0.117. The van der Waals surface area contributed by atoms with Crippen molar-refractivity contribution in [2.75, 3.05) is 18.8 Å². The fraction of sp³-hybridized carbons (Fsp3) is 0.583. The molecule has 1 aromatic heterocycles. The second-order valence-corrected chi connectivity index (χ2v) is 7.77. The van der Waals surface area contributed by atoms with Crippen LogP contribution in [-0.2, 0) is 16.6 Å². The summed E-state index contributed by atoms with van der Waals surface area (Å²) in [7, 11) is -3.46. The van der Waals surface area contributed by atoms with Gasteiger partial charge in [0.25, 0.3) is 10.0 Å². The van der Waals surface area contributed by atoms with Gasteiger partial charge in [0.15, 0.2) is 5.03 Å². The fourth-order valence-electron chi connectivity index (χ4n) is 1.97. The highest BCUT2D eigenvalue weighted by Crippen LogP contribution is 2.25. The van der Waals surface area contributed by atoms with E-state index < -0.39 is 10.0 Å². The molecule has 0 bridgehead atoms. The SMILES string of the molecule is CCC1CN(S(=O)(=O)c2ccc(CN)cn2)CCS1. The van der Waals surface area contributed by atoms with Crippen molar-refractivity contribution in [3.05, 3.63) is 23.9 Å². The van der Waals surface area contributed by atoms with E-state index in [0.29, 0.717) is 24.9 Å². The van der Waals surface area contributed by atoms with E-state index in [0.717, 1.165) is 17.7 Å². The Bertz CT molecular complexity index is 516. The van der Waals surface area contributed by atoms with Crippen molar-refractivity contribution in [3.8, 4) is 0 Å². The van der Waals surface area contributed by atoms with Gasteiger partial charge in [-0.2, -0.15) is 16.1 Å². The fourth-order valence-corrected chi connectivity index (χ4v) is 4.76. The van der Waals surface area contributed by atoms with Crippen molar-refractivity contribution in [2.45, 2.75) is 30.2 Å². The minimum Gasteiger partial charge on any atom is -0.326 e. The monoisotopic (exact) mass is 301 g/mol. The first kappa shape index (κ1) is 14.8. The average molecular weight is 301 g/mol. The van der Waals surface area contributed by atoms with Gasteiger partial charge in [-0.1, -0.05) is 13.0 Å². The van der Waals surface area contributed by atoms with Crippen LogP contribution >= 0.6 is 11.8 Å². The third-order valence-electron chi connectivity index (χ3n) is 3.19. The maximum absolute atomic E-state index is 12.5. The van der Waals surface area contributed by atoms with Gasteiger partial charge in [-0.25, -0.2) is 13.4 Å². The molecule has 2 rings (SSSR count). The van der Waals surface area contributed by atoms with Crippen molar-refractivity contribution in [2.24, 2.45) is 5.73 Å². The summed E-state index contributed by atoms with van der Waals surface area (Å²) < 4.78 is 26.5. The van der Waals surface area contributed by atoms with Gasteiger partial charge in [0.1, 0.15) is 0 Å². The van der Waals surface area contributed by atoms with Crippen molar-refractivity contribution in [3.63, 3.8) is 0 Å². The van der Waals surface area contributed by atoms with E-state index in [1.165, 1.54) is 6.20 Å². The normalized spacial score (nSPS) is 21.5. The van der Waals surface area contributed by atoms with Crippen LogP contribution in [0.4, 0.5) is 0 Å². The molecule has 19 heavy (non-hydrogen) atoms. The molecule has 0 saturated carbocycles. The molecule has 0 aromatic carbocycles. The Morgan fingerprint density at radius 1 is 1.53 bits per heavy atom. The summed E-state index contributed by atoms with van der Waals surface area (Å²) in [6.07, 6.45) is 2.51. The predicted molar refractivity (Wildman–Crippen MR) is 77.4 cm³/mol. The van der Waals surface area contributed by atoms with Gasteiger partial charge in [-0.05, 0) is 18.1 Å². The first-order valence-electron chi connectivity index (χ1n) is 6.34. The molecule has 0 amide bonds. The van der Waals surface area contributed by atoms with Crippen molar-refractivity contribution < 1.29 is 8.42 Å². The first-order chi connectivity index (χ1) is 9.07. The molecule has 0 spiro atoms. The number of sulfonamides is 1. The minimum atomic E-state index is -3.46. The summed E-state index contributed by atoms with van der Waals surface area (Å²) in [5, 5.41) is 0.498. The zero-order valence-corrected chi connectivity index (χ0v) is 12.6. The topological polar surface area (TPSA) is 76.3 Å². The van der Waals surface area contributed by atoms with E-state index in [1.807, 2.05) is 11.8 Å². The molecule has 106 valence electrons. The van der Waals surface area contributed by atoms with Crippen molar-refractivity contribution in [1.29, 1.82) is 0 Å². The Morgan fingerprint density at radius 3 is 2.89 bits per heavy atom. The molecule has 1 unspecified atom stereocenters. The molecule has 1 fully saturated rings. The van der Waals surface area contributed by atoms with Crippen LogP contribution in [0.15, 0.2) is 23.4 Å². The Kier molecular flexibility index (Phi) is 4.83. The highest BCUT2D eigenvalue weighted by atomic mass is 32.2. The number of hydrogen-bond donors (Lipinski definition) is 1. The second-order valence-electron chi connectivity index (χ2n) is 4.47. The molecule has 2 heterocycles. The molecule has 2 N–H and O–H groups in total. The standard InChI is InChI=1S/C12H19N3O2S2/c1-2-11-9-15(5-6-18-11)19(16,17)12-4-3-10(7-13)8-14-12/h3-4,8,11H,2,5-7,9,13H2,1H3. The summed E-state index contributed by atoms with van der Waals surface area (Å²) in [6, 6.07) is 3.26. The molecule has 1 aliphatic rings. The summed E-state index contributed by atoms with van der Waals surface area (Å²) in [4.78, 5) is 4.03. The van der Waals surface area contributed by atoms with Gasteiger partial charge >= 0.3 is 0 Å². The van der Waals surface area contributed by atoms with E-state index in [2.05, 4.69) is 11.9 Å². The number of nitrogens with two attached hydrogens (primary N) is 1. The van der Waals surface area contributed by atoms with E-state index in [9.17, 15) is 8.42 Å². The van der Waals surface area contributed by atoms with Crippen LogP contribution < -0.4 is 5.73 Å². The first-order valence-corrected chi connectivity index (χ1v) is 8.83. The molecule has 1 atom stereocenters. The molecule has 7 heteroatoms. The van der Waals surface area contributed by atoms with Gasteiger partial charge in [0, 0.05) is 36.8 Å². The highest BCUT2D eigenvalue weighted by molar-refractivity contribution is 8.00. The van der Waals surface area contributed by atoms with Gasteiger partial charge in [0.2, 0.25) is 0 Å². The van der Waals surface area contributed by atoms with E-state index in [1.54, 1.807) is 16.4 Å². The highest BCUT2D eigenvalue weighted by Gasteiger charge is 2.30. The third kappa shape index (κ3) is 3.28. The van der Waals surface area contributed by atoms with Crippen LogP contribution in [-0.4, -0.2) is 41.8 Å². The zero-order valence-electron chi connectivity index (χ0n) is 10.9. The van der Waals surface area contributed by atoms with Crippen molar-refractivity contribution >= 4 is 21.8 Å². The number of pyridine rings is 1. The van der Waals surface area contributed by atoms with Crippen LogP contribution in [0.2, 0.25) is 0 Å². The lowest BCUT2D eigenvalue weighted by molar-refractivity contribution is 0.414. The summed E-state index contributed by atoms with van der Waals surface area (Å²) in [6.45, 7) is 3.58. The summed E-state index contributed by atoms with van der Waals surface area (Å²) in [5.74, 6) is 0.846. The number of rotatable bonds is 4. The Hall–Kier alpha value is -0.630. The third-order valence-corrected chi connectivity index (χ3v) is 6.35. The predicted octanol–water partition coefficient (Wildman–Crippen LogP) is 1.06. The van der Waals surface area contributed by atoms with Crippen LogP contribution in [0.1, 0.15) is 18.9 Å². The van der Waals surface area contributed by atoms with Crippen LogP contribution in [0.3, 0.4) is 0 Å². The lowest BCUT2D eigenvalue weighted by Crippen LogP contribution is -2.41. The van der Waals surface area contributed by atoms with Gasteiger partial charge in [-0.15, -0.1) is 0 Å². The number of hydrogen-bond acceptors (Lipinski definition) is 5. The number of nitrogens with zero attached hydrogens (tertiary/aromatic N) is 2. The molecule has 0 aliphatic carbocycles. The lowest BCUT2D eigenvalue weighted by Gasteiger charge is -2.30. The maximum Gasteiger partial charge on any atom is 0.260 e. The molecular formula is C12H19N3O2S2. The molecule has 1 aromatic rings. The Balaban J connectivity index is 2.20. The van der Waals surface area contributed by atoms with Crippen LogP contribution in [0.5, 0.6) is 0 Å². The second kappa shape index (κ2) is 6.21. The van der Waals surface area contributed by atoms with Crippen LogP contribution in [0.25, 0.3) is 0 Å². The van der Waals surface area contributed by atoms with Gasteiger partial charge in [-0.3, -0.25) is 0 Å². The molecular weight excluding hydrogens is 282 g/mol. The molecule has 1 saturated heterocycles. The quantitative estimate of drug-likeness (QED) is 0.900. The lowest BCUT2D eigenvalue weighted by atomic mass is 10.3. The van der Waals surface area contributed by atoms with Gasteiger partial charge < -0.3 is 5.73 Å². The summed E-state index contributed by atoms with van der Waals surface area (Å²) >= 11 is 1.84. The van der Waals surface area contributed by atoms with Crippen LogP contribution in [0, 0.1) is 0 Å². The van der Waals surface area contributed by atoms with E-state index in [4.69, 9.17) is 5.73 Å². The molecule has 0 radical (unpaired) electrons. The summed E-state index contributed by atoms with van der Waals surface area (Å²) in [5.41, 5.74) is 6.32. The Labute approximate surface area is 118 Å². The number of aromatic nitrogens is 1. The number of thioether (sulfide) groups is 1.